The normalized spacial score (nSPS) is 13.6. The molecule has 1 N–H and O–H groups in total. The van der Waals surface area contributed by atoms with Crippen LogP contribution in [-0.2, 0) is 13.0 Å². The molecular weight excluding hydrogens is 285 g/mol. The van der Waals surface area contributed by atoms with E-state index in [4.69, 9.17) is 0 Å². The molecule has 0 atom stereocenters. The topological polar surface area (TPSA) is 57.6 Å². The van der Waals surface area contributed by atoms with E-state index in [1.807, 2.05) is 6.07 Å². The number of halogens is 1. The molecule has 22 heavy (non-hydrogen) atoms. The number of amides is 1. The largest absolute Gasteiger partial charge is 0.478 e. The van der Waals surface area contributed by atoms with Crippen molar-refractivity contribution in [1.29, 1.82) is 0 Å². The van der Waals surface area contributed by atoms with E-state index in [2.05, 4.69) is 0 Å². The highest BCUT2D eigenvalue weighted by atomic mass is 19.1. The fourth-order valence-electron chi connectivity index (χ4n) is 2.76. The summed E-state index contributed by atoms with van der Waals surface area (Å²) in [5, 5.41) is 9.20. The maximum Gasteiger partial charge on any atom is 0.335 e. The number of carboxylic acid groups (broad SMARTS) is 1. The average Bonchev–Trinajstić information content (AvgIpc) is 2.53. The Morgan fingerprint density at radius 1 is 1.09 bits per heavy atom. The molecule has 2 aromatic rings. The molecule has 0 unspecified atom stereocenters. The van der Waals surface area contributed by atoms with Gasteiger partial charge in [-0.15, -0.1) is 0 Å². The van der Waals surface area contributed by atoms with Crippen molar-refractivity contribution in [2.45, 2.75) is 13.0 Å². The van der Waals surface area contributed by atoms with Gasteiger partial charge in [-0.3, -0.25) is 4.79 Å². The molecule has 5 heteroatoms. The van der Waals surface area contributed by atoms with Gasteiger partial charge in [-0.1, -0.05) is 12.1 Å². The number of fused-ring (bicyclic) bond motifs is 1. The van der Waals surface area contributed by atoms with E-state index in [0.29, 0.717) is 30.6 Å². The molecule has 0 radical (unpaired) electrons. The zero-order valence-electron chi connectivity index (χ0n) is 11.8. The molecule has 1 aliphatic heterocycles. The van der Waals surface area contributed by atoms with Crippen LogP contribution >= 0.6 is 0 Å². The van der Waals surface area contributed by atoms with Crippen LogP contribution in [-0.4, -0.2) is 28.4 Å². The van der Waals surface area contributed by atoms with Crippen molar-refractivity contribution in [3.8, 4) is 0 Å². The summed E-state index contributed by atoms with van der Waals surface area (Å²) in [6, 6.07) is 10.5. The molecule has 1 aliphatic rings. The third kappa shape index (κ3) is 2.57. The molecule has 1 amide bonds. The highest BCUT2D eigenvalue weighted by Crippen LogP contribution is 2.24. The lowest BCUT2D eigenvalue weighted by molar-refractivity contribution is 0.0694. The molecule has 2 aromatic carbocycles. The third-order valence-corrected chi connectivity index (χ3v) is 3.87. The predicted molar refractivity (Wildman–Crippen MR) is 78.2 cm³/mol. The Hall–Kier alpha value is -2.69. The number of carboxylic acids is 1. The van der Waals surface area contributed by atoms with Crippen LogP contribution in [0.4, 0.5) is 4.39 Å². The molecule has 3 rings (SSSR count). The van der Waals surface area contributed by atoms with Crippen LogP contribution in [0.25, 0.3) is 0 Å². The number of hydrogen-bond acceptors (Lipinski definition) is 2. The Bertz CT molecular complexity index is 740. The lowest BCUT2D eigenvalue weighted by Gasteiger charge is -2.29. The fourth-order valence-corrected chi connectivity index (χ4v) is 2.76. The molecule has 0 bridgehead atoms. The average molecular weight is 299 g/mol. The van der Waals surface area contributed by atoms with Gasteiger partial charge in [0.2, 0.25) is 0 Å². The summed E-state index contributed by atoms with van der Waals surface area (Å²) in [6.07, 6.45) is 0.505. The summed E-state index contributed by atoms with van der Waals surface area (Å²) in [5.41, 5.74) is 2.37. The Balaban J connectivity index is 1.85. The van der Waals surface area contributed by atoms with Gasteiger partial charge in [0, 0.05) is 18.7 Å². The molecule has 0 saturated heterocycles. The van der Waals surface area contributed by atoms with Crippen LogP contribution in [0.2, 0.25) is 0 Å². The number of benzene rings is 2. The zero-order chi connectivity index (χ0) is 15.7. The Morgan fingerprint density at radius 3 is 2.50 bits per heavy atom. The number of hydrogen-bond donors (Lipinski definition) is 1. The quantitative estimate of drug-likeness (QED) is 0.927. The predicted octanol–water partition coefficient (Wildman–Crippen LogP) is 2.72. The summed E-state index contributed by atoms with van der Waals surface area (Å²) in [7, 11) is 0. The SMILES string of the molecule is O=C(O)c1cccc2c1CCN(C(=O)c1ccc(F)cc1)C2. The first kappa shape index (κ1) is 14.3. The first-order chi connectivity index (χ1) is 10.6. The van der Waals surface area contributed by atoms with E-state index in [0.717, 1.165) is 11.1 Å². The molecule has 0 aliphatic carbocycles. The van der Waals surface area contributed by atoms with Gasteiger partial charge >= 0.3 is 5.97 Å². The fraction of sp³-hybridized carbons (Fsp3) is 0.176. The summed E-state index contributed by atoms with van der Waals surface area (Å²) in [6.45, 7) is 0.820. The van der Waals surface area contributed by atoms with Crippen molar-refractivity contribution in [2.24, 2.45) is 0 Å². The van der Waals surface area contributed by atoms with E-state index < -0.39 is 5.97 Å². The maximum absolute atomic E-state index is 12.9. The summed E-state index contributed by atoms with van der Waals surface area (Å²) >= 11 is 0. The van der Waals surface area contributed by atoms with Crippen molar-refractivity contribution < 1.29 is 19.1 Å². The van der Waals surface area contributed by atoms with E-state index in [1.165, 1.54) is 24.3 Å². The Morgan fingerprint density at radius 2 is 1.82 bits per heavy atom. The van der Waals surface area contributed by atoms with Gasteiger partial charge in [-0.25, -0.2) is 9.18 Å². The second-order valence-corrected chi connectivity index (χ2v) is 5.23. The molecule has 1 heterocycles. The zero-order valence-corrected chi connectivity index (χ0v) is 11.8. The lowest BCUT2D eigenvalue weighted by atomic mass is 9.94. The van der Waals surface area contributed by atoms with Gasteiger partial charge in [-0.2, -0.15) is 0 Å². The van der Waals surface area contributed by atoms with Crippen molar-refractivity contribution in [3.63, 3.8) is 0 Å². The molecular formula is C17H14FNO3. The lowest BCUT2D eigenvalue weighted by Crippen LogP contribution is -2.36. The minimum Gasteiger partial charge on any atom is -0.478 e. The van der Waals surface area contributed by atoms with Crippen LogP contribution in [0, 0.1) is 5.82 Å². The van der Waals surface area contributed by atoms with Crippen LogP contribution in [0.15, 0.2) is 42.5 Å². The van der Waals surface area contributed by atoms with Crippen LogP contribution in [0.5, 0.6) is 0 Å². The van der Waals surface area contributed by atoms with Crippen LogP contribution in [0.1, 0.15) is 31.8 Å². The Labute approximate surface area is 126 Å². The number of carbonyl (C=O) groups is 2. The summed E-state index contributed by atoms with van der Waals surface area (Å²) < 4.78 is 12.9. The number of aromatic carboxylic acids is 1. The van der Waals surface area contributed by atoms with Crippen molar-refractivity contribution >= 4 is 11.9 Å². The summed E-state index contributed by atoms with van der Waals surface area (Å²) in [4.78, 5) is 25.3. The number of rotatable bonds is 2. The van der Waals surface area contributed by atoms with E-state index in [1.54, 1.807) is 17.0 Å². The van der Waals surface area contributed by atoms with E-state index in [-0.39, 0.29) is 11.7 Å². The highest BCUT2D eigenvalue weighted by Gasteiger charge is 2.24. The van der Waals surface area contributed by atoms with Gasteiger partial charge in [0.15, 0.2) is 0 Å². The van der Waals surface area contributed by atoms with E-state index in [9.17, 15) is 19.1 Å². The standard InChI is InChI=1S/C17H14FNO3/c18-13-6-4-11(5-7-13)16(20)19-9-8-14-12(10-19)2-1-3-15(14)17(21)22/h1-7H,8-10H2,(H,21,22). The molecule has 4 nitrogen and oxygen atoms in total. The monoisotopic (exact) mass is 299 g/mol. The first-order valence-electron chi connectivity index (χ1n) is 6.95. The molecule has 0 saturated carbocycles. The minimum atomic E-state index is -0.949. The minimum absolute atomic E-state index is 0.175. The van der Waals surface area contributed by atoms with Gasteiger partial charge in [0.05, 0.1) is 5.56 Å². The smallest absolute Gasteiger partial charge is 0.335 e. The van der Waals surface area contributed by atoms with Crippen molar-refractivity contribution in [3.05, 3.63) is 70.5 Å². The number of carbonyl (C=O) groups excluding carboxylic acids is 1. The second kappa shape index (κ2) is 5.60. The highest BCUT2D eigenvalue weighted by molar-refractivity contribution is 5.94. The second-order valence-electron chi connectivity index (χ2n) is 5.23. The third-order valence-electron chi connectivity index (χ3n) is 3.87. The molecule has 0 aromatic heterocycles. The Kier molecular flexibility index (Phi) is 3.63. The van der Waals surface area contributed by atoms with Crippen molar-refractivity contribution in [1.82, 2.24) is 4.90 Å². The molecule has 0 spiro atoms. The maximum atomic E-state index is 12.9. The number of nitrogens with zero attached hydrogens (tertiary/aromatic N) is 1. The van der Waals surface area contributed by atoms with Gasteiger partial charge in [-0.05, 0) is 47.9 Å². The van der Waals surface area contributed by atoms with Crippen LogP contribution < -0.4 is 0 Å². The van der Waals surface area contributed by atoms with Gasteiger partial charge in [0.1, 0.15) is 5.82 Å². The molecule has 112 valence electrons. The van der Waals surface area contributed by atoms with Crippen molar-refractivity contribution in [2.75, 3.05) is 6.54 Å². The first-order valence-corrected chi connectivity index (χ1v) is 6.95. The van der Waals surface area contributed by atoms with Gasteiger partial charge < -0.3 is 10.0 Å². The van der Waals surface area contributed by atoms with E-state index >= 15 is 0 Å². The van der Waals surface area contributed by atoms with Gasteiger partial charge in [0.25, 0.3) is 5.91 Å². The summed E-state index contributed by atoms with van der Waals surface area (Å²) in [5.74, 6) is -1.51. The van der Waals surface area contributed by atoms with Crippen LogP contribution in [0.3, 0.4) is 0 Å². The molecule has 0 fully saturated rings.